The molecule has 7 heterocycles. The average molecular weight is 1580 g/mol. The molecule has 38 atom stereocenters. The van der Waals surface area contributed by atoms with Crippen LogP contribution in [0.15, 0.2) is 0 Å². The molecule has 0 bridgehead atoms. The summed E-state index contributed by atoms with van der Waals surface area (Å²) in [6.45, 7) is -5.89. The summed E-state index contributed by atoms with van der Waals surface area (Å²) in [6.07, 6.45) is -77.8. The average Bonchev–Trinajstić information content (AvgIpc) is 0.749. The predicted molar refractivity (Wildman–Crippen MR) is 330 cm³/mol. The Morgan fingerprint density at radius 2 is 0.722 bits per heavy atom. The van der Waals surface area contributed by atoms with E-state index in [1.54, 1.807) is 0 Å². The number of rotatable bonds is 32. The van der Waals surface area contributed by atoms with Crippen LogP contribution in [0.4, 0.5) is 0 Å². The van der Waals surface area contributed by atoms with E-state index < -0.39 is 339 Å². The number of nitrogens with one attached hydrogen (secondary N) is 4. The van der Waals surface area contributed by atoms with E-state index in [9.17, 15) is 161 Å². The predicted octanol–water partition coefficient (Wildman–Crippen LogP) is -18.1. The number of carboxylic acid groups (broad SMARTS) is 3. The fraction of sp³-hybridized carbons (Fsp3) is 0.881. The zero-order valence-corrected chi connectivity index (χ0v) is 57.6. The summed E-state index contributed by atoms with van der Waals surface area (Å²) < 4.78 is 75.7. The molecule has 0 aromatic carbocycles. The summed E-state index contributed by atoms with van der Waals surface area (Å²) in [5.74, 6) is -21.5. The van der Waals surface area contributed by atoms with Crippen molar-refractivity contribution in [1.29, 1.82) is 0 Å². The van der Waals surface area contributed by atoms with Crippen molar-refractivity contribution in [2.24, 2.45) is 0 Å². The summed E-state index contributed by atoms with van der Waals surface area (Å²) in [5, 5.41) is 285. The maximum absolute atomic E-state index is 14.2. The van der Waals surface area contributed by atoms with Crippen molar-refractivity contribution in [1.82, 2.24) is 21.3 Å². The molecule has 49 heteroatoms. The molecule has 7 aliphatic rings. The molecular formula is C59H96N4O45. The molecule has 0 aromatic rings. The van der Waals surface area contributed by atoms with Crippen molar-refractivity contribution in [2.75, 3.05) is 46.2 Å². The van der Waals surface area contributed by atoms with E-state index in [4.69, 9.17) is 61.6 Å². The van der Waals surface area contributed by atoms with Gasteiger partial charge in [0, 0.05) is 47.0 Å². The number of carbonyl (C=O) groups excluding carboxylic acids is 4. The Hall–Kier alpha value is -5.11. The quantitative estimate of drug-likeness (QED) is 0.0297. The van der Waals surface area contributed by atoms with Crippen LogP contribution in [-0.4, -0.2) is 447 Å². The van der Waals surface area contributed by atoms with Gasteiger partial charge in [-0.3, -0.25) is 19.2 Å². The van der Waals surface area contributed by atoms with Gasteiger partial charge in [-0.2, -0.15) is 0 Å². The first-order valence-corrected chi connectivity index (χ1v) is 33.5. The molecule has 108 heavy (non-hydrogen) atoms. The second kappa shape index (κ2) is 37.7. The molecule has 0 aromatic heterocycles. The van der Waals surface area contributed by atoms with E-state index in [1.807, 2.05) is 0 Å². The summed E-state index contributed by atoms with van der Waals surface area (Å²) in [7, 11) is 0. The van der Waals surface area contributed by atoms with Crippen molar-refractivity contribution in [3.63, 3.8) is 0 Å². The Bertz CT molecular complexity index is 3010. The summed E-state index contributed by atoms with van der Waals surface area (Å²) >= 11 is 0. The second-order valence-electron chi connectivity index (χ2n) is 26.8. The molecule has 7 rings (SSSR count). The zero-order valence-electron chi connectivity index (χ0n) is 57.6. The topological polar surface area (TPSA) is 793 Å². The molecule has 0 radical (unpaired) electrons. The van der Waals surface area contributed by atoms with Crippen molar-refractivity contribution >= 4 is 41.5 Å². The fourth-order valence-electron chi connectivity index (χ4n) is 13.7. The SMILES string of the molecule is CC(=O)N[C@H]1[C@H](O[C@@H]2[C@H](O[C@]3(C(=O)O)C[C@H](O)[C@@H](NC(C)=O)[C@H]([C@H](O)[C@@H](CO)O[C@]4(C(=O)O)C[C@H](O)[C@@H](NC(C)=O)[C@H]([C@H](O)[C@H](O)CO)O4)O3)[C@@H](O)[C@H](O[C@H]3[C@H](O)[C@@H](O)C(O)O[C@@H]3CO)O[C@@H]2CO)O[C@H](CO)[C@H](O)[C@@H]1O[C@@H]1O[C@H](CO)[C@H](O)[C@H](O[C@]2(C(=O)O)C[C@H](O)[C@@H](NC(C)=O)[C@H]([C@H](O)[C@H](O)CO)O2)[C@H]1O. The highest BCUT2D eigenvalue weighted by Crippen LogP contribution is 2.44. The maximum atomic E-state index is 14.2. The van der Waals surface area contributed by atoms with Gasteiger partial charge in [0.05, 0.1) is 82.7 Å². The van der Waals surface area contributed by atoms with E-state index in [2.05, 4.69) is 21.3 Å². The number of aliphatic hydroxyl groups is 22. The van der Waals surface area contributed by atoms with Crippen LogP contribution in [0.2, 0.25) is 0 Å². The van der Waals surface area contributed by atoms with E-state index in [1.165, 1.54) is 0 Å². The van der Waals surface area contributed by atoms with Gasteiger partial charge in [0.25, 0.3) is 17.4 Å². The lowest BCUT2D eigenvalue weighted by molar-refractivity contribution is -0.405. The fourth-order valence-corrected chi connectivity index (χ4v) is 13.7. The monoisotopic (exact) mass is 1580 g/mol. The van der Waals surface area contributed by atoms with E-state index in [-0.39, 0.29) is 0 Å². The van der Waals surface area contributed by atoms with Gasteiger partial charge in [0.1, 0.15) is 153 Å². The van der Waals surface area contributed by atoms with Gasteiger partial charge in [-0.1, -0.05) is 0 Å². The van der Waals surface area contributed by atoms with E-state index >= 15 is 0 Å². The van der Waals surface area contributed by atoms with Gasteiger partial charge in [0.2, 0.25) is 23.6 Å². The molecule has 4 amide bonds. The van der Waals surface area contributed by atoms with Crippen molar-refractivity contribution in [3.05, 3.63) is 0 Å². The van der Waals surface area contributed by atoms with Crippen LogP contribution in [0.3, 0.4) is 0 Å². The molecule has 7 aliphatic heterocycles. The largest absolute Gasteiger partial charge is 0.477 e. The van der Waals surface area contributed by atoms with Gasteiger partial charge in [-0.25, -0.2) is 14.4 Å². The standard InChI is InChI=1S/C59H96N4O45/c1-15(71)60-29-19(75)5-57(54(90)91,104-45(29)33(80)22(78)8-64)103-26(12-68)37(84)47-31(62-17(3)73)21(77)7-59(106-47,56(94)95)108-49-41(88)53(100-42-27(13-69)96-50(89)39(86)38(42)85)99-28(14-70)43(49)101-51-32(63-18(4)74)44(35(82)24(10-66)97-51)102-52-40(87)48(36(83)25(11-67)98-52)107-58(55(92)93)6-20(76)30(61-16(2)72)46(105-58)34(81)23(79)9-65/h19-53,64-70,75-89H,5-14H2,1-4H3,(H,60,71)(H,61,72)(H,62,73)(H,63,74)(H,90,91)(H,92,93)(H,94,95)/t19-,20-,21-,22+,23+,24+,25+,26+,27+,28+,29+,30+,31+,32+,33+,34+,35-,36-,37+,38+,39+,40+,41+,42+,43-,44+,45+,46+,47+,48-,49+,50?,51-,52-,53-,57+,58-,59-/m0/s1. The van der Waals surface area contributed by atoms with Gasteiger partial charge < -0.3 is 211 Å². The number of carbonyl (C=O) groups is 7. The van der Waals surface area contributed by atoms with Crippen LogP contribution >= 0.6 is 0 Å². The van der Waals surface area contributed by atoms with Crippen molar-refractivity contribution < 1.29 is 223 Å². The molecule has 49 nitrogen and oxygen atoms in total. The second-order valence-corrected chi connectivity index (χ2v) is 26.8. The molecule has 29 N–H and O–H groups in total. The Balaban J connectivity index is 1.31. The Labute approximate surface area is 609 Å². The minimum atomic E-state index is -3.75. The maximum Gasteiger partial charge on any atom is 0.364 e. The van der Waals surface area contributed by atoms with Crippen LogP contribution in [0, 0.1) is 0 Å². The van der Waals surface area contributed by atoms with Gasteiger partial charge in [0.15, 0.2) is 25.2 Å². The summed E-state index contributed by atoms with van der Waals surface area (Å²) in [4.78, 5) is 91.6. The number of carboxylic acids is 3. The van der Waals surface area contributed by atoms with Crippen molar-refractivity contribution in [2.45, 2.75) is 278 Å². The smallest absolute Gasteiger partial charge is 0.364 e. The highest BCUT2D eigenvalue weighted by atomic mass is 16.8. The highest BCUT2D eigenvalue weighted by molar-refractivity contribution is 5.78. The lowest BCUT2D eigenvalue weighted by Gasteiger charge is -2.53. The lowest BCUT2D eigenvalue weighted by Crippen LogP contribution is -2.73. The number of amides is 4. The van der Waals surface area contributed by atoms with Gasteiger partial charge >= 0.3 is 17.9 Å². The van der Waals surface area contributed by atoms with E-state index in [0.29, 0.717) is 0 Å². The third kappa shape index (κ3) is 19.4. The minimum Gasteiger partial charge on any atom is -0.477 e. The van der Waals surface area contributed by atoms with Crippen LogP contribution in [-0.2, 0) is 95.1 Å². The number of hydrogen-bond donors (Lipinski definition) is 29. The van der Waals surface area contributed by atoms with Gasteiger partial charge in [-0.05, 0) is 0 Å². The van der Waals surface area contributed by atoms with E-state index in [0.717, 1.165) is 27.7 Å². The third-order valence-corrected chi connectivity index (χ3v) is 19.1. The number of hydrogen-bond acceptors (Lipinski definition) is 42. The van der Waals surface area contributed by atoms with Gasteiger partial charge in [-0.15, -0.1) is 0 Å². The van der Waals surface area contributed by atoms with Crippen LogP contribution in [0.1, 0.15) is 47.0 Å². The molecule has 0 aliphatic carbocycles. The molecule has 622 valence electrons. The Kier molecular flexibility index (Phi) is 31.4. The van der Waals surface area contributed by atoms with Crippen LogP contribution in [0.25, 0.3) is 0 Å². The number of ether oxygens (including phenoxy) is 13. The zero-order chi connectivity index (χ0) is 80.8. The highest BCUT2D eigenvalue weighted by Gasteiger charge is 2.66. The Morgan fingerprint density at radius 1 is 0.380 bits per heavy atom. The van der Waals surface area contributed by atoms with Crippen LogP contribution < -0.4 is 21.3 Å². The molecule has 0 saturated carbocycles. The van der Waals surface area contributed by atoms with Crippen LogP contribution in [0.5, 0.6) is 0 Å². The molecule has 1 unspecified atom stereocenters. The lowest BCUT2D eigenvalue weighted by atomic mass is 9.87. The summed E-state index contributed by atoms with van der Waals surface area (Å²) in [5.41, 5.74) is 0. The molecule has 7 saturated heterocycles. The summed E-state index contributed by atoms with van der Waals surface area (Å²) in [6, 6.07) is -8.01. The number of aliphatic carboxylic acids is 3. The first-order chi connectivity index (χ1) is 50.6. The first kappa shape index (κ1) is 90.1. The minimum absolute atomic E-state index is 0.809. The molecule has 0 spiro atoms. The Morgan fingerprint density at radius 3 is 1.13 bits per heavy atom. The molecule has 7 fully saturated rings. The first-order valence-electron chi connectivity index (χ1n) is 33.5. The van der Waals surface area contributed by atoms with Crippen molar-refractivity contribution in [3.8, 4) is 0 Å². The number of aliphatic hydroxyl groups excluding tert-OH is 22. The third-order valence-electron chi connectivity index (χ3n) is 19.1. The molecular weight excluding hydrogens is 1480 g/mol. The normalized spacial score (nSPS) is 43.4.